The minimum absolute atomic E-state index is 0.134. The minimum atomic E-state index is -0.994. The van der Waals surface area contributed by atoms with E-state index in [1.807, 2.05) is 0 Å². The smallest absolute Gasteiger partial charge is 0.329 e. The fraction of sp³-hybridized carbons (Fsp3) is 0.583. The second-order valence-corrected chi connectivity index (χ2v) is 5.54. The zero-order valence-electron chi connectivity index (χ0n) is 10.3. The van der Waals surface area contributed by atoms with E-state index >= 15 is 0 Å². The van der Waals surface area contributed by atoms with Crippen LogP contribution in [0.3, 0.4) is 0 Å². The molecule has 104 valence electrons. The van der Waals surface area contributed by atoms with Crippen LogP contribution in [0.2, 0.25) is 10.3 Å². The standard InChI is InChI=1S/C12H15Cl2N3O2/c13-9-7-8(10(14)17-16-9)15-12(11(18)19)5-3-1-2-4-6-12/h7H,1-6H2,(H,15,16)(H,18,19). The zero-order chi connectivity index (χ0) is 13.9. The Morgan fingerprint density at radius 3 is 2.42 bits per heavy atom. The van der Waals surface area contributed by atoms with Gasteiger partial charge >= 0.3 is 5.97 Å². The average Bonchev–Trinajstić information content (AvgIpc) is 2.60. The maximum Gasteiger partial charge on any atom is 0.329 e. The number of anilines is 1. The lowest BCUT2D eigenvalue weighted by Gasteiger charge is -2.30. The predicted molar refractivity (Wildman–Crippen MR) is 73.7 cm³/mol. The van der Waals surface area contributed by atoms with E-state index in [-0.39, 0.29) is 10.3 Å². The largest absolute Gasteiger partial charge is 0.480 e. The van der Waals surface area contributed by atoms with Gasteiger partial charge in [-0.15, -0.1) is 10.2 Å². The molecule has 2 N–H and O–H groups in total. The molecule has 1 aliphatic rings. The van der Waals surface area contributed by atoms with Crippen LogP contribution in [-0.2, 0) is 4.79 Å². The van der Waals surface area contributed by atoms with Gasteiger partial charge in [0.25, 0.3) is 0 Å². The molecule has 1 aromatic heterocycles. The molecular formula is C12H15Cl2N3O2. The summed E-state index contributed by atoms with van der Waals surface area (Å²) in [6.45, 7) is 0. The number of hydrogen-bond donors (Lipinski definition) is 2. The van der Waals surface area contributed by atoms with E-state index in [0.717, 1.165) is 25.7 Å². The molecule has 0 atom stereocenters. The molecule has 0 aliphatic heterocycles. The van der Waals surface area contributed by atoms with Crippen molar-refractivity contribution < 1.29 is 9.90 Å². The van der Waals surface area contributed by atoms with Crippen LogP contribution in [0.25, 0.3) is 0 Å². The Hall–Kier alpha value is -1.07. The molecule has 0 amide bonds. The fourth-order valence-corrected chi connectivity index (χ4v) is 2.71. The SMILES string of the molecule is O=C(O)C1(Nc2cc(Cl)nnc2Cl)CCCCCC1. The summed E-state index contributed by atoms with van der Waals surface area (Å²) in [5.41, 5.74) is -0.571. The third-order valence-electron chi connectivity index (χ3n) is 3.46. The van der Waals surface area contributed by atoms with Crippen LogP contribution in [0.4, 0.5) is 5.69 Å². The highest BCUT2D eigenvalue weighted by molar-refractivity contribution is 6.33. The predicted octanol–water partition coefficient (Wildman–Crippen LogP) is 3.37. The van der Waals surface area contributed by atoms with Gasteiger partial charge in [0.15, 0.2) is 10.3 Å². The molecule has 1 fully saturated rings. The molecule has 1 aliphatic carbocycles. The van der Waals surface area contributed by atoms with Crippen molar-refractivity contribution >= 4 is 34.9 Å². The highest BCUT2D eigenvalue weighted by atomic mass is 35.5. The van der Waals surface area contributed by atoms with Crippen LogP contribution in [0.1, 0.15) is 38.5 Å². The van der Waals surface area contributed by atoms with Gasteiger partial charge in [-0.1, -0.05) is 48.9 Å². The van der Waals surface area contributed by atoms with Gasteiger partial charge in [-0.05, 0) is 12.8 Å². The Kier molecular flexibility index (Phi) is 4.47. The lowest BCUT2D eigenvalue weighted by molar-refractivity contribution is -0.142. The van der Waals surface area contributed by atoms with Crippen LogP contribution < -0.4 is 5.32 Å². The summed E-state index contributed by atoms with van der Waals surface area (Å²) in [5.74, 6) is -0.863. The quantitative estimate of drug-likeness (QED) is 0.837. The van der Waals surface area contributed by atoms with E-state index < -0.39 is 11.5 Å². The van der Waals surface area contributed by atoms with Gasteiger partial charge < -0.3 is 10.4 Å². The molecule has 0 spiro atoms. The number of aromatic nitrogens is 2. The number of rotatable bonds is 3. The van der Waals surface area contributed by atoms with Crippen molar-refractivity contribution in [2.24, 2.45) is 0 Å². The summed E-state index contributed by atoms with van der Waals surface area (Å²) >= 11 is 11.7. The maximum atomic E-state index is 11.7. The molecule has 1 saturated carbocycles. The molecule has 1 heterocycles. The van der Waals surface area contributed by atoms with Gasteiger partial charge in [-0.3, -0.25) is 0 Å². The summed E-state index contributed by atoms with van der Waals surface area (Å²) in [6.07, 6.45) is 5.00. The van der Waals surface area contributed by atoms with Gasteiger partial charge in [0.05, 0.1) is 5.69 Å². The topological polar surface area (TPSA) is 75.1 Å². The fourth-order valence-electron chi connectivity index (χ4n) is 2.42. The Bertz CT molecular complexity index is 474. The van der Waals surface area contributed by atoms with Crippen molar-refractivity contribution in [3.63, 3.8) is 0 Å². The van der Waals surface area contributed by atoms with Crippen molar-refractivity contribution in [3.05, 3.63) is 16.4 Å². The number of hydrogen-bond acceptors (Lipinski definition) is 4. The number of carboxylic acids is 1. The van der Waals surface area contributed by atoms with Crippen LogP contribution in [0, 0.1) is 0 Å². The molecule has 2 rings (SSSR count). The first kappa shape index (κ1) is 14.3. The van der Waals surface area contributed by atoms with Crippen molar-refractivity contribution in [1.29, 1.82) is 0 Å². The highest BCUT2D eigenvalue weighted by Gasteiger charge is 2.39. The van der Waals surface area contributed by atoms with Gasteiger partial charge in [0, 0.05) is 6.07 Å². The molecular weight excluding hydrogens is 289 g/mol. The molecule has 0 aromatic carbocycles. The molecule has 0 radical (unpaired) electrons. The lowest BCUT2D eigenvalue weighted by Crippen LogP contribution is -2.46. The van der Waals surface area contributed by atoms with Crippen molar-refractivity contribution in [2.45, 2.75) is 44.1 Å². The van der Waals surface area contributed by atoms with Crippen molar-refractivity contribution in [2.75, 3.05) is 5.32 Å². The van der Waals surface area contributed by atoms with Crippen LogP contribution >= 0.6 is 23.2 Å². The number of carboxylic acid groups (broad SMARTS) is 1. The third kappa shape index (κ3) is 3.28. The first-order chi connectivity index (χ1) is 9.03. The molecule has 19 heavy (non-hydrogen) atoms. The molecule has 1 aromatic rings. The highest BCUT2D eigenvalue weighted by Crippen LogP contribution is 2.33. The van der Waals surface area contributed by atoms with Gasteiger partial charge in [0.2, 0.25) is 0 Å². The van der Waals surface area contributed by atoms with E-state index in [2.05, 4.69) is 15.5 Å². The van der Waals surface area contributed by atoms with Crippen molar-refractivity contribution in [3.8, 4) is 0 Å². The first-order valence-electron chi connectivity index (χ1n) is 6.24. The van der Waals surface area contributed by atoms with E-state index in [0.29, 0.717) is 18.5 Å². The minimum Gasteiger partial charge on any atom is -0.480 e. The van der Waals surface area contributed by atoms with Crippen LogP contribution in [0.15, 0.2) is 6.07 Å². The van der Waals surface area contributed by atoms with Gasteiger partial charge in [-0.2, -0.15) is 0 Å². The van der Waals surface area contributed by atoms with E-state index in [4.69, 9.17) is 23.2 Å². The van der Waals surface area contributed by atoms with E-state index in [1.165, 1.54) is 6.07 Å². The Labute approximate surface area is 121 Å². The van der Waals surface area contributed by atoms with Crippen LogP contribution in [0.5, 0.6) is 0 Å². The monoisotopic (exact) mass is 303 g/mol. The van der Waals surface area contributed by atoms with E-state index in [9.17, 15) is 9.90 Å². The summed E-state index contributed by atoms with van der Waals surface area (Å²) in [6, 6.07) is 1.51. The van der Waals surface area contributed by atoms with Crippen LogP contribution in [-0.4, -0.2) is 26.8 Å². The molecule has 0 bridgehead atoms. The molecule has 0 unspecified atom stereocenters. The summed E-state index contributed by atoms with van der Waals surface area (Å²) in [4.78, 5) is 11.7. The summed E-state index contributed by atoms with van der Waals surface area (Å²) in [5, 5.41) is 20.2. The third-order valence-corrected chi connectivity index (χ3v) is 3.92. The summed E-state index contributed by atoms with van der Waals surface area (Å²) in [7, 11) is 0. The maximum absolute atomic E-state index is 11.7. The summed E-state index contributed by atoms with van der Waals surface area (Å²) < 4.78 is 0. The van der Waals surface area contributed by atoms with Gasteiger partial charge in [0.1, 0.15) is 5.54 Å². The van der Waals surface area contributed by atoms with Gasteiger partial charge in [-0.25, -0.2) is 4.79 Å². The molecule has 0 saturated heterocycles. The Morgan fingerprint density at radius 1 is 1.21 bits per heavy atom. The normalized spacial score (nSPS) is 18.6. The second-order valence-electron chi connectivity index (χ2n) is 4.80. The zero-order valence-corrected chi connectivity index (χ0v) is 11.8. The number of carbonyl (C=O) groups is 1. The van der Waals surface area contributed by atoms with E-state index in [1.54, 1.807) is 0 Å². The first-order valence-corrected chi connectivity index (χ1v) is 6.99. The second kappa shape index (κ2) is 5.92. The number of aliphatic carboxylic acids is 1. The number of nitrogens with zero attached hydrogens (tertiary/aromatic N) is 2. The van der Waals surface area contributed by atoms with Crippen molar-refractivity contribution in [1.82, 2.24) is 10.2 Å². The Balaban J connectivity index is 2.29. The average molecular weight is 304 g/mol. The molecule has 5 nitrogen and oxygen atoms in total. The molecule has 7 heteroatoms. The number of nitrogens with one attached hydrogen (secondary N) is 1. The number of halogens is 2. The Morgan fingerprint density at radius 2 is 1.84 bits per heavy atom. The lowest BCUT2D eigenvalue weighted by atomic mass is 9.90.